The maximum Gasteiger partial charge on any atom is 0.155 e. The second-order valence-corrected chi connectivity index (χ2v) is 9.71. The normalized spacial score (nSPS) is 57.2. The molecule has 0 saturated heterocycles. The Labute approximate surface area is 144 Å². The maximum absolute atomic E-state index is 11.9. The second-order valence-electron chi connectivity index (χ2n) is 9.71. The number of ketones is 1. The number of carbonyl (C=O) groups is 1. The predicted octanol–water partition coefficient (Wildman–Crippen LogP) is 4.31. The number of rotatable bonds is 0. The zero-order valence-corrected chi connectivity index (χ0v) is 14.7. The van der Waals surface area contributed by atoms with Gasteiger partial charge in [0.05, 0.1) is 12.2 Å². The van der Waals surface area contributed by atoms with Crippen molar-refractivity contribution in [2.45, 2.75) is 57.5 Å². The molecule has 4 saturated carbocycles. The molecule has 0 N–H and O–H groups in total. The van der Waals surface area contributed by atoms with E-state index in [9.17, 15) is 4.79 Å². The summed E-state index contributed by atoms with van der Waals surface area (Å²) in [5.74, 6) is 5.38. The van der Waals surface area contributed by atoms with Crippen molar-refractivity contribution in [1.82, 2.24) is 0 Å². The standard InChI is InChI=1S/C22H28O2/c1-21-8-5-15-14-4-3-13(23)11-16(14)17-12-18(17)20(15)19(21)6-9-22(21)7-2-10-24-22/h2,7,11,14-15,17-20H,3-6,8-10,12H2,1H3/t14-,15?,17?,18?,19?,20?,21+,22+/m1/s1. The van der Waals surface area contributed by atoms with Crippen LogP contribution in [-0.4, -0.2) is 18.0 Å². The van der Waals surface area contributed by atoms with Gasteiger partial charge in [-0.15, -0.1) is 0 Å². The third-order valence-electron chi connectivity index (χ3n) is 9.13. The van der Waals surface area contributed by atoms with Crippen LogP contribution in [0.5, 0.6) is 0 Å². The Morgan fingerprint density at radius 2 is 2.04 bits per heavy atom. The van der Waals surface area contributed by atoms with E-state index in [1.54, 1.807) is 5.57 Å². The molecule has 2 nitrogen and oxygen atoms in total. The van der Waals surface area contributed by atoms with Gasteiger partial charge >= 0.3 is 0 Å². The van der Waals surface area contributed by atoms with Crippen LogP contribution in [0.4, 0.5) is 0 Å². The van der Waals surface area contributed by atoms with Gasteiger partial charge in [0.2, 0.25) is 0 Å². The fourth-order valence-electron chi connectivity index (χ4n) is 8.04. The predicted molar refractivity (Wildman–Crippen MR) is 92.3 cm³/mol. The molecular formula is C22H28O2. The second kappa shape index (κ2) is 4.44. The van der Waals surface area contributed by atoms with Crippen molar-refractivity contribution >= 4 is 5.78 Å². The van der Waals surface area contributed by atoms with Crippen LogP contribution >= 0.6 is 0 Å². The molecule has 128 valence electrons. The number of fused-ring (bicyclic) bond motifs is 9. The van der Waals surface area contributed by atoms with Crippen LogP contribution in [0.1, 0.15) is 51.9 Å². The quantitative estimate of drug-likeness (QED) is 0.621. The summed E-state index contributed by atoms with van der Waals surface area (Å²) in [6, 6.07) is 0. The van der Waals surface area contributed by atoms with Crippen LogP contribution in [-0.2, 0) is 9.53 Å². The first-order valence-corrected chi connectivity index (χ1v) is 10.2. The molecule has 4 fully saturated rings. The highest BCUT2D eigenvalue weighted by Gasteiger charge is 2.68. The Kier molecular flexibility index (Phi) is 2.64. The van der Waals surface area contributed by atoms with Gasteiger partial charge in [-0.25, -0.2) is 0 Å². The highest BCUT2D eigenvalue weighted by Crippen LogP contribution is 2.72. The summed E-state index contributed by atoms with van der Waals surface area (Å²) in [6.45, 7) is 3.36. The largest absolute Gasteiger partial charge is 0.366 e. The molecule has 0 aromatic heterocycles. The van der Waals surface area contributed by atoms with Gasteiger partial charge in [0.1, 0.15) is 0 Å². The smallest absolute Gasteiger partial charge is 0.155 e. The fraction of sp³-hybridized carbons (Fsp3) is 0.773. The molecule has 0 bridgehead atoms. The van der Waals surface area contributed by atoms with Crippen molar-refractivity contribution in [3.8, 4) is 0 Å². The van der Waals surface area contributed by atoms with Crippen molar-refractivity contribution in [1.29, 1.82) is 0 Å². The van der Waals surface area contributed by atoms with Gasteiger partial charge in [-0.05, 0) is 80.1 Å². The van der Waals surface area contributed by atoms with Gasteiger partial charge in [0.15, 0.2) is 5.78 Å². The van der Waals surface area contributed by atoms with Crippen molar-refractivity contribution in [3.63, 3.8) is 0 Å². The molecule has 1 heterocycles. The molecule has 6 rings (SSSR count). The van der Waals surface area contributed by atoms with E-state index in [-0.39, 0.29) is 5.60 Å². The first-order chi connectivity index (χ1) is 11.6. The van der Waals surface area contributed by atoms with Crippen LogP contribution < -0.4 is 0 Å². The lowest BCUT2D eigenvalue weighted by molar-refractivity contribution is -0.119. The molecule has 0 aromatic rings. The maximum atomic E-state index is 11.9. The molecule has 8 atom stereocenters. The molecule has 1 spiro atoms. The first kappa shape index (κ1) is 14.3. The third kappa shape index (κ3) is 1.55. The van der Waals surface area contributed by atoms with Crippen LogP contribution in [0.15, 0.2) is 23.8 Å². The van der Waals surface area contributed by atoms with Gasteiger partial charge in [0, 0.05) is 11.8 Å². The molecule has 0 amide bonds. The fourth-order valence-corrected chi connectivity index (χ4v) is 8.04. The van der Waals surface area contributed by atoms with E-state index in [1.807, 2.05) is 0 Å². The Bertz CT molecular complexity index is 675. The molecule has 2 heteroatoms. The summed E-state index contributed by atoms with van der Waals surface area (Å²) in [5.41, 5.74) is 1.97. The Morgan fingerprint density at radius 3 is 2.88 bits per heavy atom. The molecule has 0 radical (unpaired) electrons. The minimum atomic E-state index is 0.0473. The van der Waals surface area contributed by atoms with Crippen LogP contribution in [0.25, 0.3) is 0 Å². The summed E-state index contributed by atoms with van der Waals surface area (Å²) in [6.07, 6.45) is 15.3. The van der Waals surface area contributed by atoms with E-state index in [0.717, 1.165) is 55.0 Å². The van der Waals surface area contributed by atoms with Crippen molar-refractivity contribution in [2.24, 2.45) is 40.9 Å². The molecular weight excluding hydrogens is 296 g/mol. The summed E-state index contributed by atoms with van der Waals surface area (Å²) >= 11 is 0. The van der Waals surface area contributed by atoms with Gasteiger partial charge in [-0.3, -0.25) is 4.79 Å². The van der Waals surface area contributed by atoms with E-state index in [2.05, 4.69) is 25.2 Å². The van der Waals surface area contributed by atoms with Crippen molar-refractivity contribution in [3.05, 3.63) is 23.8 Å². The van der Waals surface area contributed by atoms with Gasteiger partial charge < -0.3 is 4.74 Å². The Morgan fingerprint density at radius 1 is 1.12 bits per heavy atom. The Balaban J connectivity index is 1.39. The lowest BCUT2D eigenvalue weighted by Crippen LogP contribution is -2.52. The van der Waals surface area contributed by atoms with E-state index >= 15 is 0 Å². The number of allylic oxidation sites excluding steroid dienone is 1. The SMILES string of the molecule is C[C@]12CCC3C(C4CC4C4=CC(=O)CC[C@@H]43)C1CC[C@@]21C=CCO1. The van der Waals surface area contributed by atoms with Gasteiger partial charge in [-0.1, -0.05) is 24.6 Å². The average Bonchev–Trinajstić information content (AvgIpc) is 3.14. The van der Waals surface area contributed by atoms with Crippen LogP contribution in [0.3, 0.4) is 0 Å². The molecule has 5 aliphatic carbocycles. The summed E-state index contributed by atoms with van der Waals surface area (Å²) in [4.78, 5) is 11.9. The lowest BCUT2D eigenvalue weighted by Gasteiger charge is -2.55. The Hall–Kier alpha value is -0.890. The number of hydrogen-bond acceptors (Lipinski definition) is 2. The summed E-state index contributed by atoms with van der Waals surface area (Å²) in [5, 5.41) is 0. The molecule has 5 unspecified atom stereocenters. The highest BCUT2D eigenvalue weighted by molar-refractivity contribution is 5.91. The van der Waals surface area contributed by atoms with E-state index in [4.69, 9.17) is 4.74 Å². The molecule has 1 aliphatic heterocycles. The van der Waals surface area contributed by atoms with Gasteiger partial charge in [0.25, 0.3) is 0 Å². The van der Waals surface area contributed by atoms with Crippen molar-refractivity contribution < 1.29 is 9.53 Å². The van der Waals surface area contributed by atoms with Crippen molar-refractivity contribution in [2.75, 3.05) is 6.61 Å². The third-order valence-corrected chi connectivity index (χ3v) is 9.13. The first-order valence-electron chi connectivity index (χ1n) is 10.2. The lowest BCUT2D eigenvalue weighted by atomic mass is 9.50. The summed E-state index contributed by atoms with van der Waals surface area (Å²) < 4.78 is 6.36. The number of carbonyl (C=O) groups excluding carboxylic acids is 1. The van der Waals surface area contributed by atoms with Gasteiger partial charge in [-0.2, -0.15) is 0 Å². The molecule has 0 aromatic carbocycles. The topological polar surface area (TPSA) is 26.3 Å². The van der Waals surface area contributed by atoms with Crippen LogP contribution in [0, 0.1) is 40.9 Å². The van der Waals surface area contributed by atoms with E-state index < -0.39 is 0 Å². The van der Waals surface area contributed by atoms with E-state index in [1.165, 1.54) is 32.1 Å². The van der Waals surface area contributed by atoms with E-state index in [0.29, 0.717) is 11.2 Å². The summed E-state index contributed by atoms with van der Waals surface area (Å²) in [7, 11) is 0. The minimum Gasteiger partial charge on any atom is -0.366 e. The average molecular weight is 324 g/mol. The molecule has 6 aliphatic rings. The number of hydrogen-bond donors (Lipinski definition) is 0. The monoisotopic (exact) mass is 324 g/mol. The number of ether oxygens (including phenoxy) is 1. The highest BCUT2D eigenvalue weighted by atomic mass is 16.5. The molecule has 24 heavy (non-hydrogen) atoms. The van der Waals surface area contributed by atoms with Crippen LogP contribution in [0.2, 0.25) is 0 Å². The minimum absolute atomic E-state index is 0.0473. The zero-order valence-electron chi connectivity index (χ0n) is 14.7. The zero-order chi connectivity index (χ0) is 16.1.